The third-order valence-electron chi connectivity index (χ3n) is 1.45. The van der Waals surface area contributed by atoms with Gasteiger partial charge in [-0.3, -0.25) is 0 Å². The number of hydrogen-bond acceptors (Lipinski definition) is 3. The minimum atomic E-state index is -0.212. The lowest BCUT2D eigenvalue weighted by Crippen LogP contribution is -2.21. The number of rotatable bonds is 2. The van der Waals surface area contributed by atoms with E-state index in [1.165, 1.54) is 0 Å². The zero-order valence-corrected chi connectivity index (χ0v) is 8.87. The van der Waals surface area contributed by atoms with Crippen molar-refractivity contribution >= 4 is 27.3 Å². The first-order valence-electron chi connectivity index (χ1n) is 3.29. The molecule has 0 aliphatic heterocycles. The summed E-state index contributed by atoms with van der Waals surface area (Å²) in [7, 11) is 0. The van der Waals surface area contributed by atoms with Crippen molar-refractivity contribution in [1.82, 2.24) is 4.98 Å². The Morgan fingerprint density at radius 2 is 2.36 bits per heavy atom. The van der Waals surface area contributed by atoms with E-state index in [-0.39, 0.29) is 12.0 Å². The van der Waals surface area contributed by atoms with Crippen molar-refractivity contribution in [3.05, 3.63) is 15.0 Å². The molecule has 0 aliphatic rings. The second-order valence-corrected chi connectivity index (χ2v) is 5.42. The molecule has 1 N–H and O–H groups in total. The van der Waals surface area contributed by atoms with Crippen molar-refractivity contribution in [2.75, 3.05) is 6.61 Å². The molecule has 0 aromatic carbocycles. The Bertz CT molecular complexity index is 246. The molecule has 0 fully saturated rings. The predicted octanol–water partition coefficient (Wildman–Crippen LogP) is 2.18. The van der Waals surface area contributed by atoms with Crippen LogP contribution >= 0.6 is 27.3 Å². The first kappa shape index (κ1) is 9.16. The van der Waals surface area contributed by atoms with Crippen molar-refractivity contribution in [3.8, 4) is 0 Å². The van der Waals surface area contributed by atoms with E-state index < -0.39 is 0 Å². The number of aromatic nitrogens is 1. The smallest absolute Gasteiger partial charge is 0.102 e. The average molecular weight is 236 g/mol. The van der Waals surface area contributed by atoms with Crippen molar-refractivity contribution < 1.29 is 5.11 Å². The highest BCUT2D eigenvalue weighted by molar-refractivity contribution is 9.11. The monoisotopic (exact) mass is 235 g/mol. The van der Waals surface area contributed by atoms with Crippen LogP contribution in [0.15, 0.2) is 9.98 Å². The Morgan fingerprint density at radius 3 is 2.73 bits per heavy atom. The molecule has 1 aromatic rings. The summed E-state index contributed by atoms with van der Waals surface area (Å²) in [5, 5.41) is 9.97. The van der Waals surface area contributed by atoms with E-state index in [1.807, 2.05) is 13.8 Å². The number of aliphatic hydroxyl groups excluding tert-OH is 1. The fraction of sp³-hybridized carbons (Fsp3) is 0.571. The lowest BCUT2D eigenvalue weighted by atomic mass is 9.96. The number of aliphatic hydroxyl groups is 1. The number of halogens is 1. The molecule has 0 aliphatic carbocycles. The summed E-state index contributed by atoms with van der Waals surface area (Å²) in [6, 6.07) is 0. The Kier molecular flexibility index (Phi) is 2.67. The largest absolute Gasteiger partial charge is 0.395 e. The molecule has 1 rings (SSSR count). The molecule has 62 valence electrons. The molecule has 2 nitrogen and oxygen atoms in total. The summed E-state index contributed by atoms with van der Waals surface area (Å²) in [6.07, 6.45) is 1.76. The van der Waals surface area contributed by atoms with Crippen molar-refractivity contribution in [3.63, 3.8) is 0 Å². The van der Waals surface area contributed by atoms with E-state index in [9.17, 15) is 0 Å². The second-order valence-electron chi connectivity index (χ2n) is 3.01. The molecular weight excluding hydrogens is 226 g/mol. The highest BCUT2D eigenvalue weighted by atomic mass is 79.9. The van der Waals surface area contributed by atoms with Crippen molar-refractivity contribution in [2.24, 2.45) is 0 Å². The van der Waals surface area contributed by atoms with Gasteiger partial charge in [-0.1, -0.05) is 13.8 Å². The van der Waals surface area contributed by atoms with Crippen LogP contribution in [-0.4, -0.2) is 16.7 Å². The lowest BCUT2D eigenvalue weighted by Gasteiger charge is -2.17. The van der Waals surface area contributed by atoms with Gasteiger partial charge < -0.3 is 5.11 Å². The summed E-state index contributed by atoms with van der Waals surface area (Å²) in [5.41, 5.74) is -0.212. The molecule has 0 bridgehead atoms. The molecule has 0 spiro atoms. The van der Waals surface area contributed by atoms with Gasteiger partial charge in [0.25, 0.3) is 0 Å². The highest BCUT2D eigenvalue weighted by Gasteiger charge is 2.22. The second kappa shape index (κ2) is 3.21. The average Bonchev–Trinajstić information content (AvgIpc) is 2.36. The van der Waals surface area contributed by atoms with E-state index in [4.69, 9.17) is 5.11 Å². The van der Waals surface area contributed by atoms with Crippen molar-refractivity contribution in [1.29, 1.82) is 0 Å². The maximum atomic E-state index is 9.01. The minimum Gasteiger partial charge on any atom is -0.395 e. The molecule has 0 amide bonds. The van der Waals surface area contributed by atoms with E-state index in [0.717, 1.165) is 8.79 Å². The number of hydrogen-bond donors (Lipinski definition) is 1. The van der Waals surface area contributed by atoms with Gasteiger partial charge in [0.05, 0.1) is 16.6 Å². The Hall–Kier alpha value is 0.0700. The molecule has 0 saturated heterocycles. The van der Waals surface area contributed by atoms with Crippen LogP contribution in [0, 0.1) is 0 Å². The van der Waals surface area contributed by atoms with Gasteiger partial charge in [-0.15, -0.1) is 11.3 Å². The predicted molar refractivity (Wildman–Crippen MR) is 49.9 cm³/mol. The SMILES string of the molecule is CC(C)(CO)c1ncc(Br)s1. The maximum Gasteiger partial charge on any atom is 0.102 e. The van der Waals surface area contributed by atoms with Gasteiger partial charge in [0.2, 0.25) is 0 Å². The van der Waals surface area contributed by atoms with Crippen LogP contribution in [0.4, 0.5) is 0 Å². The molecule has 0 atom stereocenters. The van der Waals surface area contributed by atoms with E-state index in [0.29, 0.717) is 0 Å². The molecule has 0 saturated carbocycles. The van der Waals surface area contributed by atoms with Crippen LogP contribution in [0.5, 0.6) is 0 Å². The molecule has 1 heterocycles. The van der Waals surface area contributed by atoms with Gasteiger partial charge in [0.15, 0.2) is 0 Å². The third kappa shape index (κ3) is 2.01. The Labute approximate surface area is 78.4 Å². The van der Waals surface area contributed by atoms with Crippen molar-refractivity contribution in [2.45, 2.75) is 19.3 Å². The van der Waals surface area contributed by atoms with Crippen LogP contribution < -0.4 is 0 Å². The summed E-state index contributed by atoms with van der Waals surface area (Å²) in [4.78, 5) is 4.17. The fourth-order valence-corrected chi connectivity index (χ4v) is 1.93. The number of thiazole rings is 1. The highest BCUT2D eigenvalue weighted by Crippen LogP contribution is 2.29. The van der Waals surface area contributed by atoms with Gasteiger partial charge in [-0.2, -0.15) is 0 Å². The lowest BCUT2D eigenvalue weighted by molar-refractivity contribution is 0.218. The first-order chi connectivity index (χ1) is 5.06. The zero-order valence-electron chi connectivity index (χ0n) is 6.47. The molecule has 0 unspecified atom stereocenters. The van der Waals surface area contributed by atoms with E-state index >= 15 is 0 Å². The Morgan fingerprint density at radius 1 is 1.73 bits per heavy atom. The van der Waals surface area contributed by atoms with Crippen LogP contribution in [0.2, 0.25) is 0 Å². The van der Waals surface area contributed by atoms with Gasteiger partial charge in [0.1, 0.15) is 5.01 Å². The molecule has 1 aromatic heterocycles. The van der Waals surface area contributed by atoms with Gasteiger partial charge >= 0.3 is 0 Å². The minimum absolute atomic E-state index is 0.132. The third-order valence-corrected chi connectivity index (χ3v) is 3.29. The quantitative estimate of drug-likeness (QED) is 0.853. The Balaban J connectivity index is 2.92. The molecular formula is C7H10BrNOS. The maximum absolute atomic E-state index is 9.01. The zero-order chi connectivity index (χ0) is 8.48. The van der Waals surface area contributed by atoms with Crippen LogP contribution in [-0.2, 0) is 5.41 Å². The van der Waals surface area contributed by atoms with E-state index in [1.54, 1.807) is 17.5 Å². The summed E-state index contributed by atoms with van der Waals surface area (Å²) in [5.74, 6) is 0. The summed E-state index contributed by atoms with van der Waals surface area (Å²) < 4.78 is 1.01. The van der Waals surface area contributed by atoms with Gasteiger partial charge in [-0.25, -0.2) is 4.98 Å². The fourth-order valence-electron chi connectivity index (χ4n) is 0.635. The standard InChI is InChI=1S/C7H10BrNOS/c1-7(2,4-10)6-9-3-5(8)11-6/h3,10H,4H2,1-2H3. The van der Waals surface area contributed by atoms with Gasteiger partial charge in [-0.05, 0) is 15.9 Å². The van der Waals surface area contributed by atoms with Crippen LogP contribution in [0.25, 0.3) is 0 Å². The summed E-state index contributed by atoms with van der Waals surface area (Å²) in [6.45, 7) is 4.07. The van der Waals surface area contributed by atoms with E-state index in [2.05, 4.69) is 20.9 Å². The van der Waals surface area contributed by atoms with Gasteiger partial charge in [0, 0.05) is 5.41 Å². The topological polar surface area (TPSA) is 33.1 Å². The number of nitrogens with zero attached hydrogens (tertiary/aromatic N) is 1. The molecule has 0 radical (unpaired) electrons. The van der Waals surface area contributed by atoms with Crippen LogP contribution in [0.3, 0.4) is 0 Å². The first-order valence-corrected chi connectivity index (χ1v) is 4.90. The molecule has 4 heteroatoms. The molecule has 11 heavy (non-hydrogen) atoms. The summed E-state index contributed by atoms with van der Waals surface area (Å²) >= 11 is 4.89. The normalized spacial score (nSPS) is 12.0. The van der Waals surface area contributed by atoms with Crippen LogP contribution in [0.1, 0.15) is 18.9 Å².